The molecule has 0 aliphatic rings. The molecule has 0 saturated heterocycles. The second-order valence-electron chi connectivity index (χ2n) is 6.83. The van der Waals surface area contributed by atoms with Crippen LogP contribution in [0, 0.1) is 10.1 Å². The van der Waals surface area contributed by atoms with Crippen molar-refractivity contribution in [2.75, 3.05) is 0 Å². The van der Waals surface area contributed by atoms with E-state index in [2.05, 4.69) is 4.98 Å². The Hall–Kier alpha value is -4.27. The first-order valence-electron chi connectivity index (χ1n) is 9.36. The third-order valence-corrected chi connectivity index (χ3v) is 4.76. The van der Waals surface area contributed by atoms with Crippen molar-refractivity contribution in [2.45, 2.75) is 6.18 Å². The van der Waals surface area contributed by atoms with Gasteiger partial charge < -0.3 is 0 Å². The van der Waals surface area contributed by atoms with E-state index in [1.165, 1.54) is 54.6 Å². The van der Waals surface area contributed by atoms with Crippen LogP contribution in [0.3, 0.4) is 0 Å². The molecular formula is C23H14F3N3O3. The van der Waals surface area contributed by atoms with E-state index in [0.717, 1.165) is 10.6 Å². The Morgan fingerprint density at radius 2 is 1.66 bits per heavy atom. The predicted molar refractivity (Wildman–Crippen MR) is 114 cm³/mol. The zero-order chi connectivity index (χ0) is 22.9. The van der Waals surface area contributed by atoms with E-state index in [9.17, 15) is 28.1 Å². The molecule has 1 heterocycles. The summed E-state index contributed by atoms with van der Waals surface area (Å²) in [5, 5.41) is 11.2. The quantitative estimate of drug-likeness (QED) is 0.313. The molecule has 160 valence electrons. The fourth-order valence-electron chi connectivity index (χ4n) is 3.32. The molecule has 0 saturated carbocycles. The van der Waals surface area contributed by atoms with E-state index >= 15 is 0 Å². The molecule has 4 aromatic rings. The smallest absolute Gasteiger partial charge is 0.268 e. The molecule has 3 aromatic carbocycles. The van der Waals surface area contributed by atoms with Gasteiger partial charge in [-0.3, -0.25) is 19.5 Å². The average molecular weight is 437 g/mol. The number of benzene rings is 3. The van der Waals surface area contributed by atoms with Crippen molar-refractivity contribution in [3.8, 4) is 5.69 Å². The molecule has 6 nitrogen and oxygen atoms in total. The number of alkyl halides is 3. The third kappa shape index (κ3) is 4.00. The number of rotatable bonds is 4. The van der Waals surface area contributed by atoms with E-state index in [1.54, 1.807) is 24.3 Å². The standard InChI is InChI=1S/C23H14F3N3O3/c24-23(25,26)18-9-2-4-11-20(18)28-21(27-19-10-3-1-8-17(19)22(28)30)13-12-15-6-5-7-16(14-15)29(31)32/h1-14H/b13-12+. The van der Waals surface area contributed by atoms with Crippen LogP contribution in [-0.4, -0.2) is 14.5 Å². The highest BCUT2D eigenvalue weighted by Crippen LogP contribution is 2.34. The maximum atomic E-state index is 13.7. The topological polar surface area (TPSA) is 78.0 Å². The minimum absolute atomic E-state index is 0.0445. The molecule has 0 radical (unpaired) electrons. The summed E-state index contributed by atoms with van der Waals surface area (Å²) >= 11 is 0. The number of hydrogen-bond acceptors (Lipinski definition) is 4. The van der Waals surface area contributed by atoms with Gasteiger partial charge in [0.1, 0.15) is 5.82 Å². The Morgan fingerprint density at radius 3 is 2.41 bits per heavy atom. The third-order valence-electron chi connectivity index (χ3n) is 4.76. The van der Waals surface area contributed by atoms with Gasteiger partial charge in [-0.1, -0.05) is 42.5 Å². The van der Waals surface area contributed by atoms with Crippen molar-refractivity contribution >= 4 is 28.7 Å². The summed E-state index contributed by atoms with van der Waals surface area (Å²) < 4.78 is 41.9. The van der Waals surface area contributed by atoms with Gasteiger partial charge in [-0.05, 0) is 35.9 Å². The van der Waals surface area contributed by atoms with E-state index in [4.69, 9.17) is 0 Å². The van der Waals surface area contributed by atoms with Crippen LogP contribution in [0.5, 0.6) is 0 Å². The summed E-state index contributed by atoms with van der Waals surface area (Å²) in [5.74, 6) is -0.0445. The first-order valence-corrected chi connectivity index (χ1v) is 9.36. The lowest BCUT2D eigenvalue weighted by molar-refractivity contribution is -0.384. The maximum absolute atomic E-state index is 13.7. The molecule has 0 spiro atoms. The largest absolute Gasteiger partial charge is 0.418 e. The average Bonchev–Trinajstić information content (AvgIpc) is 2.77. The Kier molecular flexibility index (Phi) is 5.31. The lowest BCUT2D eigenvalue weighted by atomic mass is 10.1. The van der Waals surface area contributed by atoms with E-state index in [0.29, 0.717) is 11.1 Å². The number of para-hydroxylation sites is 2. The summed E-state index contributed by atoms with van der Waals surface area (Å²) in [7, 11) is 0. The lowest BCUT2D eigenvalue weighted by Crippen LogP contribution is -2.25. The maximum Gasteiger partial charge on any atom is 0.418 e. The summed E-state index contributed by atoms with van der Waals surface area (Å²) in [6.45, 7) is 0. The van der Waals surface area contributed by atoms with Crippen LogP contribution in [0.4, 0.5) is 18.9 Å². The fourth-order valence-corrected chi connectivity index (χ4v) is 3.32. The monoisotopic (exact) mass is 437 g/mol. The van der Waals surface area contributed by atoms with Crippen LogP contribution in [0.1, 0.15) is 17.0 Å². The highest BCUT2D eigenvalue weighted by atomic mass is 19.4. The van der Waals surface area contributed by atoms with Gasteiger partial charge in [0.15, 0.2) is 0 Å². The van der Waals surface area contributed by atoms with Crippen molar-refractivity contribution in [1.29, 1.82) is 0 Å². The molecule has 0 bridgehead atoms. The van der Waals surface area contributed by atoms with E-state index in [1.807, 2.05) is 0 Å². The summed E-state index contributed by atoms with van der Waals surface area (Å²) in [4.78, 5) is 28.1. The van der Waals surface area contributed by atoms with Crippen molar-refractivity contribution in [2.24, 2.45) is 0 Å². The number of hydrogen-bond donors (Lipinski definition) is 0. The minimum Gasteiger partial charge on any atom is -0.268 e. The normalized spacial score (nSPS) is 11.8. The van der Waals surface area contributed by atoms with Crippen molar-refractivity contribution < 1.29 is 18.1 Å². The van der Waals surface area contributed by atoms with Crippen LogP contribution in [0.25, 0.3) is 28.7 Å². The SMILES string of the molecule is O=c1c2ccccc2nc(/C=C/c2cccc([N+](=O)[O-])c2)n1-c1ccccc1C(F)(F)F. The zero-order valence-electron chi connectivity index (χ0n) is 16.3. The minimum atomic E-state index is -4.69. The fraction of sp³-hybridized carbons (Fsp3) is 0.0435. The van der Waals surface area contributed by atoms with Gasteiger partial charge in [-0.25, -0.2) is 4.98 Å². The first kappa shape index (κ1) is 21.0. The second-order valence-corrected chi connectivity index (χ2v) is 6.83. The Bertz CT molecular complexity index is 1430. The van der Waals surface area contributed by atoms with Gasteiger partial charge in [0.05, 0.1) is 27.1 Å². The molecule has 9 heteroatoms. The number of nitro benzene ring substituents is 1. The molecule has 0 amide bonds. The summed E-state index contributed by atoms with van der Waals surface area (Å²) in [6, 6.07) is 16.8. The molecule has 0 unspecified atom stereocenters. The van der Waals surface area contributed by atoms with Crippen LogP contribution in [0.2, 0.25) is 0 Å². The van der Waals surface area contributed by atoms with Gasteiger partial charge in [0, 0.05) is 12.1 Å². The number of fused-ring (bicyclic) bond motifs is 1. The molecule has 32 heavy (non-hydrogen) atoms. The molecule has 4 rings (SSSR count). The molecule has 0 aliphatic heterocycles. The molecule has 0 N–H and O–H groups in total. The Labute approximate surface area is 179 Å². The first-order chi connectivity index (χ1) is 15.3. The molecule has 0 fully saturated rings. The number of nitro groups is 1. The highest BCUT2D eigenvalue weighted by Gasteiger charge is 2.34. The number of nitrogens with zero attached hydrogens (tertiary/aromatic N) is 3. The van der Waals surface area contributed by atoms with Gasteiger partial charge >= 0.3 is 6.18 Å². The molecule has 1 aromatic heterocycles. The number of halogens is 3. The lowest BCUT2D eigenvalue weighted by Gasteiger charge is -2.17. The van der Waals surface area contributed by atoms with Crippen LogP contribution >= 0.6 is 0 Å². The second kappa shape index (κ2) is 8.10. The Balaban J connectivity index is 1.97. The predicted octanol–water partition coefficient (Wildman–Crippen LogP) is 5.48. The van der Waals surface area contributed by atoms with Gasteiger partial charge in [0.2, 0.25) is 0 Å². The summed E-state index contributed by atoms with van der Waals surface area (Å²) in [6.07, 6.45) is -1.88. The van der Waals surface area contributed by atoms with Gasteiger partial charge in [-0.2, -0.15) is 13.2 Å². The molecule has 0 aliphatic carbocycles. The summed E-state index contributed by atoms with van der Waals surface area (Å²) in [5.41, 5.74) is -1.40. The number of non-ortho nitro benzene ring substituents is 1. The van der Waals surface area contributed by atoms with E-state index < -0.39 is 22.2 Å². The van der Waals surface area contributed by atoms with Gasteiger partial charge in [-0.15, -0.1) is 0 Å². The van der Waals surface area contributed by atoms with Crippen molar-refractivity contribution in [3.63, 3.8) is 0 Å². The zero-order valence-corrected chi connectivity index (χ0v) is 16.3. The van der Waals surface area contributed by atoms with Crippen LogP contribution < -0.4 is 5.56 Å². The van der Waals surface area contributed by atoms with Crippen LogP contribution in [-0.2, 0) is 6.18 Å². The molecular weight excluding hydrogens is 423 g/mol. The van der Waals surface area contributed by atoms with Crippen LogP contribution in [0.15, 0.2) is 77.6 Å². The Morgan fingerprint density at radius 1 is 0.938 bits per heavy atom. The highest BCUT2D eigenvalue weighted by molar-refractivity contribution is 5.80. The van der Waals surface area contributed by atoms with Crippen molar-refractivity contribution in [1.82, 2.24) is 9.55 Å². The molecule has 0 atom stereocenters. The number of aromatic nitrogens is 2. The van der Waals surface area contributed by atoms with E-state index in [-0.39, 0.29) is 22.6 Å². The van der Waals surface area contributed by atoms with Crippen molar-refractivity contribution in [3.05, 3.63) is 110 Å². The van der Waals surface area contributed by atoms with Gasteiger partial charge in [0.25, 0.3) is 11.2 Å².